The number of rotatable bonds is 5. The average Bonchev–Trinajstić information content (AvgIpc) is 2.72. The summed E-state index contributed by atoms with van der Waals surface area (Å²) in [7, 11) is 0. The van der Waals surface area contributed by atoms with Crippen LogP contribution in [0.5, 0.6) is 5.75 Å². The molecule has 0 saturated carbocycles. The largest absolute Gasteiger partial charge is 0.491 e. The Morgan fingerprint density at radius 2 is 2.33 bits per heavy atom. The fourth-order valence-electron chi connectivity index (χ4n) is 2.13. The number of nitrogens with one attached hydrogen (secondary N) is 1. The van der Waals surface area contributed by atoms with Gasteiger partial charge in [0.2, 0.25) is 5.91 Å². The molecule has 0 spiro atoms. The van der Waals surface area contributed by atoms with Gasteiger partial charge in [0.15, 0.2) is 0 Å². The number of hydrogen-bond donors (Lipinski definition) is 2. The number of fused-ring (bicyclic) bond motifs is 1. The summed E-state index contributed by atoms with van der Waals surface area (Å²) in [5.41, 5.74) is 6.72. The highest BCUT2D eigenvalue weighted by molar-refractivity contribution is 5.76. The van der Waals surface area contributed by atoms with E-state index in [4.69, 9.17) is 10.5 Å². The average molecular weight is 248 g/mol. The quantitative estimate of drug-likeness (QED) is 0.834. The van der Waals surface area contributed by atoms with Gasteiger partial charge in [-0.1, -0.05) is 18.2 Å². The zero-order valence-corrected chi connectivity index (χ0v) is 10.7. The van der Waals surface area contributed by atoms with Gasteiger partial charge >= 0.3 is 0 Å². The van der Waals surface area contributed by atoms with Gasteiger partial charge in [-0.25, -0.2) is 0 Å². The van der Waals surface area contributed by atoms with Crippen molar-refractivity contribution in [3.8, 4) is 5.75 Å². The number of hydrogen-bond acceptors (Lipinski definition) is 3. The lowest BCUT2D eigenvalue weighted by Gasteiger charge is -2.12. The fourth-order valence-corrected chi connectivity index (χ4v) is 2.13. The first-order chi connectivity index (χ1) is 8.66. The van der Waals surface area contributed by atoms with E-state index < -0.39 is 0 Å². The Hall–Kier alpha value is -1.55. The van der Waals surface area contributed by atoms with E-state index in [0.29, 0.717) is 13.0 Å². The predicted octanol–water partition coefficient (Wildman–Crippen LogP) is 1.75. The maximum atomic E-state index is 11.8. The Bertz CT molecular complexity index is 418. The second kappa shape index (κ2) is 5.87. The summed E-state index contributed by atoms with van der Waals surface area (Å²) in [6.07, 6.45) is 2.24. The minimum atomic E-state index is -0.0102. The maximum Gasteiger partial charge on any atom is 0.220 e. The van der Waals surface area contributed by atoms with Crippen LogP contribution >= 0.6 is 0 Å². The standard InChI is InChI=1S/C14H20N2O2/c1-10(15)5-4-8-14(17)16-12-9-18-13-7-3-2-6-11(12)13/h2-3,6-7,10,12H,4-5,8-9,15H2,1H3,(H,16,17). The Morgan fingerprint density at radius 1 is 1.56 bits per heavy atom. The van der Waals surface area contributed by atoms with E-state index in [1.807, 2.05) is 31.2 Å². The zero-order chi connectivity index (χ0) is 13.0. The minimum Gasteiger partial charge on any atom is -0.491 e. The van der Waals surface area contributed by atoms with Crippen molar-refractivity contribution in [2.75, 3.05) is 6.61 Å². The lowest BCUT2D eigenvalue weighted by atomic mass is 10.1. The van der Waals surface area contributed by atoms with Crippen LogP contribution in [0.25, 0.3) is 0 Å². The van der Waals surface area contributed by atoms with Crippen molar-refractivity contribution >= 4 is 5.91 Å². The topological polar surface area (TPSA) is 64.4 Å². The van der Waals surface area contributed by atoms with Crippen LogP contribution in [0.15, 0.2) is 24.3 Å². The monoisotopic (exact) mass is 248 g/mol. The number of nitrogens with two attached hydrogens (primary N) is 1. The lowest BCUT2D eigenvalue weighted by molar-refractivity contribution is -0.122. The number of ether oxygens (including phenoxy) is 1. The SMILES string of the molecule is CC(N)CCCC(=O)NC1COc2ccccc21. The molecule has 2 rings (SSSR count). The van der Waals surface area contributed by atoms with Crippen LogP contribution in [0.4, 0.5) is 0 Å². The maximum absolute atomic E-state index is 11.8. The van der Waals surface area contributed by atoms with Crippen molar-refractivity contribution in [2.24, 2.45) is 5.73 Å². The molecule has 3 N–H and O–H groups in total. The summed E-state index contributed by atoms with van der Waals surface area (Å²) in [6, 6.07) is 7.97. The van der Waals surface area contributed by atoms with Crippen molar-refractivity contribution in [3.05, 3.63) is 29.8 Å². The van der Waals surface area contributed by atoms with Gasteiger partial charge in [-0.2, -0.15) is 0 Å². The van der Waals surface area contributed by atoms with Gasteiger partial charge < -0.3 is 15.8 Å². The molecular formula is C14H20N2O2. The summed E-state index contributed by atoms with van der Waals surface area (Å²) >= 11 is 0. The van der Waals surface area contributed by atoms with E-state index in [0.717, 1.165) is 24.2 Å². The van der Waals surface area contributed by atoms with Crippen LogP contribution in [-0.2, 0) is 4.79 Å². The van der Waals surface area contributed by atoms with Gasteiger partial charge in [-0.15, -0.1) is 0 Å². The predicted molar refractivity (Wildman–Crippen MR) is 70.3 cm³/mol. The molecule has 0 aliphatic carbocycles. The van der Waals surface area contributed by atoms with Crippen LogP contribution in [-0.4, -0.2) is 18.6 Å². The molecule has 0 fully saturated rings. The van der Waals surface area contributed by atoms with E-state index in [2.05, 4.69) is 5.32 Å². The van der Waals surface area contributed by atoms with Crippen LogP contribution < -0.4 is 15.8 Å². The molecule has 1 aromatic carbocycles. The number of carbonyl (C=O) groups excluding carboxylic acids is 1. The highest BCUT2D eigenvalue weighted by atomic mass is 16.5. The molecule has 1 aromatic rings. The molecule has 18 heavy (non-hydrogen) atoms. The molecule has 2 unspecified atom stereocenters. The third-order valence-electron chi connectivity index (χ3n) is 3.10. The first kappa shape index (κ1) is 12.9. The molecule has 1 amide bonds. The van der Waals surface area contributed by atoms with Crippen molar-refractivity contribution in [1.82, 2.24) is 5.32 Å². The van der Waals surface area contributed by atoms with E-state index >= 15 is 0 Å². The van der Waals surface area contributed by atoms with Gasteiger partial charge in [-0.05, 0) is 25.8 Å². The van der Waals surface area contributed by atoms with Crippen LogP contribution in [0.2, 0.25) is 0 Å². The molecule has 0 radical (unpaired) electrons. The van der Waals surface area contributed by atoms with Gasteiger partial charge in [0.05, 0.1) is 6.04 Å². The number of carbonyl (C=O) groups is 1. The Balaban J connectivity index is 1.82. The molecule has 1 aliphatic heterocycles. The first-order valence-electron chi connectivity index (χ1n) is 6.43. The van der Waals surface area contributed by atoms with Gasteiger partial charge in [-0.3, -0.25) is 4.79 Å². The number of amides is 1. The summed E-state index contributed by atoms with van der Waals surface area (Å²) in [5.74, 6) is 0.944. The lowest BCUT2D eigenvalue weighted by Crippen LogP contribution is -2.29. The van der Waals surface area contributed by atoms with Crippen LogP contribution in [0.3, 0.4) is 0 Å². The molecular weight excluding hydrogens is 228 g/mol. The normalized spacial score (nSPS) is 18.9. The van der Waals surface area contributed by atoms with Crippen LogP contribution in [0, 0.1) is 0 Å². The van der Waals surface area contributed by atoms with Gasteiger partial charge in [0.1, 0.15) is 12.4 Å². The Morgan fingerprint density at radius 3 is 3.11 bits per heavy atom. The smallest absolute Gasteiger partial charge is 0.220 e. The second-order valence-electron chi connectivity index (χ2n) is 4.84. The molecule has 98 valence electrons. The van der Waals surface area contributed by atoms with Crippen molar-refractivity contribution in [1.29, 1.82) is 0 Å². The molecule has 4 heteroatoms. The summed E-state index contributed by atoms with van der Waals surface area (Å²) < 4.78 is 5.52. The van der Waals surface area contributed by atoms with E-state index in [9.17, 15) is 4.79 Å². The molecule has 2 atom stereocenters. The zero-order valence-electron chi connectivity index (χ0n) is 10.7. The van der Waals surface area contributed by atoms with E-state index in [1.165, 1.54) is 0 Å². The molecule has 0 saturated heterocycles. The van der Waals surface area contributed by atoms with E-state index in [1.54, 1.807) is 0 Å². The molecule has 0 bridgehead atoms. The summed E-state index contributed by atoms with van der Waals surface area (Å²) in [6.45, 7) is 2.48. The highest BCUT2D eigenvalue weighted by Gasteiger charge is 2.24. The molecule has 1 heterocycles. The van der Waals surface area contributed by atoms with Crippen molar-refractivity contribution in [3.63, 3.8) is 0 Å². The summed E-state index contributed by atoms with van der Waals surface area (Å²) in [4.78, 5) is 11.8. The minimum absolute atomic E-state index is 0.0102. The Kier molecular flexibility index (Phi) is 4.20. The van der Waals surface area contributed by atoms with Gasteiger partial charge in [0.25, 0.3) is 0 Å². The molecule has 0 aromatic heterocycles. The Labute approximate surface area is 108 Å². The van der Waals surface area contributed by atoms with E-state index in [-0.39, 0.29) is 18.0 Å². The molecule has 4 nitrogen and oxygen atoms in total. The number of benzene rings is 1. The number of para-hydroxylation sites is 1. The van der Waals surface area contributed by atoms with Crippen molar-refractivity contribution < 1.29 is 9.53 Å². The second-order valence-corrected chi connectivity index (χ2v) is 4.84. The molecule has 1 aliphatic rings. The first-order valence-corrected chi connectivity index (χ1v) is 6.43. The van der Waals surface area contributed by atoms with Crippen LogP contribution in [0.1, 0.15) is 37.8 Å². The van der Waals surface area contributed by atoms with Gasteiger partial charge in [0, 0.05) is 18.0 Å². The van der Waals surface area contributed by atoms with Crippen molar-refractivity contribution in [2.45, 2.75) is 38.3 Å². The fraction of sp³-hybridized carbons (Fsp3) is 0.500. The third-order valence-corrected chi connectivity index (χ3v) is 3.10. The summed E-state index contributed by atoms with van der Waals surface area (Å²) in [5, 5.41) is 3.00. The third kappa shape index (κ3) is 3.23. The highest BCUT2D eigenvalue weighted by Crippen LogP contribution is 2.31.